The number of rotatable bonds is 7. The Morgan fingerprint density at radius 3 is 2.48 bits per heavy atom. The third-order valence-corrected chi connectivity index (χ3v) is 6.10. The summed E-state index contributed by atoms with van der Waals surface area (Å²) in [4.78, 5) is 26.2. The van der Waals surface area contributed by atoms with Crippen LogP contribution >= 0.6 is 11.6 Å². The lowest BCUT2D eigenvalue weighted by Gasteiger charge is -2.22. The van der Waals surface area contributed by atoms with E-state index in [4.69, 9.17) is 21.1 Å². The van der Waals surface area contributed by atoms with Gasteiger partial charge in [-0.1, -0.05) is 48.0 Å². The topological polar surface area (TPSA) is 76.1 Å². The first-order valence-electron chi connectivity index (χ1n) is 10.7. The number of ether oxygens (including phenoxy) is 2. The highest BCUT2D eigenvalue weighted by Crippen LogP contribution is 2.34. The van der Waals surface area contributed by atoms with E-state index in [-0.39, 0.29) is 12.5 Å². The summed E-state index contributed by atoms with van der Waals surface area (Å²) < 4.78 is 11.4. The van der Waals surface area contributed by atoms with Gasteiger partial charge in [-0.05, 0) is 54.3 Å². The van der Waals surface area contributed by atoms with Gasteiger partial charge in [0.1, 0.15) is 12.6 Å². The molecule has 33 heavy (non-hydrogen) atoms. The number of hydrogen-bond donors (Lipinski definition) is 1. The second-order valence-electron chi connectivity index (χ2n) is 7.79. The van der Waals surface area contributed by atoms with Crippen LogP contribution in [-0.4, -0.2) is 41.6 Å². The molecule has 1 unspecified atom stereocenters. The fourth-order valence-electron chi connectivity index (χ4n) is 4.09. The Kier molecular flexibility index (Phi) is 6.84. The SMILES string of the molecule is COc1ccccc1OCc1ccc(C(=O)N2CCCC2C(=O)O)cc1-c1ccccc1Cl. The van der Waals surface area contributed by atoms with Gasteiger partial charge in [0.25, 0.3) is 5.91 Å². The van der Waals surface area contributed by atoms with Crippen LogP contribution in [0.3, 0.4) is 0 Å². The van der Waals surface area contributed by atoms with Crippen molar-refractivity contribution >= 4 is 23.5 Å². The summed E-state index contributed by atoms with van der Waals surface area (Å²) in [6, 6.07) is 19.3. The van der Waals surface area contributed by atoms with E-state index in [1.807, 2.05) is 48.5 Å². The molecule has 6 nitrogen and oxygen atoms in total. The number of hydrogen-bond acceptors (Lipinski definition) is 4. The first-order chi connectivity index (χ1) is 16.0. The molecule has 7 heteroatoms. The van der Waals surface area contributed by atoms with E-state index in [0.717, 1.165) is 16.7 Å². The number of methoxy groups -OCH3 is 1. The van der Waals surface area contributed by atoms with E-state index < -0.39 is 12.0 Å². The maximum Gasteiger partial charge on any atom is 0.326 e. The highest BCUT2D eigenvalue weighted by Gasteiger charge is 2.34. The number of aliphatic carboxylic acids is 1. The number of carboxylic acids is 1. The van der Waals surface area contributed by atoms with E-state index in [0.29, 0.717) is 41.5 Å². The molecule has 0 spiro atoms. The van der Waals surface area contributed by atoms with Gasteiger partial charge >= 0.3 is 5.97 Å². The predicted octanol–water partition coefficient (Wildman–Crippen LogP) is 5.28. The van der Waals surface area contributed by atoms with Crippen molar-refractivity contribution in [2.45, 2.75) is 25.5 Å². The molecule has 3 aromatic carbocycles. The highest BCUT2D eigenvalue weighted by atomic mass is 35.5. The van der Waals surface area contributed by atoms with Gasteiger partial charge in [-0.2, -0.15) is 0 Å². The summed E-state index contributed by atoms with van der Waals surface area (Å²) in [5.41, 5.74) is 2.77. The Morgan fingerprint density at radius 1 is 1.03 bits per heavy atom. The summed E-state index contributed by atoms with van der Waals surface area (Å²) in [5, 5.41) is 10.0. The molecule has 1 N–H and O–H groups in total. The molecule has 3 aromatic rings. The molecule has 1 fully saturated rings. The molecule has 0 saturated carbocycles. The molecule has 1 heterocycles. The summed E-state index contributed by atoms with van der Waals surface area (Å²) in [6.07, 6.45) is 1.13. The molecule has 1 atom stereocenters. The standard InChI is InChI=1S/C26H24ClNO5/c1-32-23-10-4-5-11-24(23)33-16-18-13-12-17(15-20(18)19-7-2-3-8-21(19)27)25(29)28-14-6-9-22(28)26(30)31/h2-5,7-8,10-13,15,22H,6,9,14,16H2,1H3,(H,30,31). The molecule has 1 aliphatic heterocycles. The zero-order chi connectivity index (χ0) is 23.4. The molecule has 1 saturated heterocycles. The van der Waals surface area contributed by atoms with Gasteiger partial charge in [-0.15, -0.1) is 0 Å². The smallest absolute Gasteiger partial charge is 0.326 e. The van der Waals surface area contributed by atoms with Crippen molar-refractivity contribution in [3.63, 3.8) is 0 Å². The molecule has 170 valence electrons. The molecule has 0 aliphatic carbocycles. The lowest BCUT2D eigenvalue weighted by Crippen LogP contribution is -2.40. The Hall–Kier alpha value is -3.51. The molecular weight excluding hydrogens is 442 g/mol. The van der Waals surface area contributed by atoms with Crippen LogP contribution in [0, 0.1) is 0 Å². The lowest BCUT2D eigenvalue weighted by molar-refractivity contribution is -0.141. The average molecular weight is 466 g/mol. The first-order valence-corrected chi connectivity index (χ1v) is 11.0. The molecule has 1 aliphatic rings. The van der Waals surface area contributed by atoms with Crippen molar-refractivity contribution in [2.24, 2.45) is 0 Å². The van der Waals surface area contributed by atoms with Crippen molar-refractivity contribution in [3.05, 3.63) is 82.9 Å². The lowest BCUT2D eigenvalue weighted by atomic mass is 9.97. The fraction of sp³-hybridized carbons (Fsp3) is 0.231. The summed E-state index contributed by atoms with van der Waals surface area (Å²) in [5.74, 6) is -0.0524. The van der Waals surface area contributed by atoms with E-state index in [9.17, 15) is 14.7 Å². The zero-order valence-electron chi connectivity index (χ0n) is 18.2. The Bertz CT molecular complexity index is 1180. The normalized spacial score (nSPS) is 15.3. The van der Waals surface area contributed by atoms with Crippen LogP contribution in [0.25, 0.3) is 11.1 Å². The van der Waals surface area contributed by atoms with Crippen LogP contribution in [0.2, 0.25) is 5.02 Å². The summed E-state index contributed by atoms with van der Waals surface area (Å²) in [7, 11) is 1.58. The molecule has 0 radical (unpaired) electrons. The second kappa shape index (κ2) is 9.96. The first kappa shape index (κ1) is 22.7. The van der Waals surface area contributed by atoms with Crippen molar-refractivity contribution in [1.82, 2.24) is 4.90 Å². The maximum absolute atomic E-state index is 13.2. The van der Waals surface area contributed by atoms with Gasteiger partial charge in [0.05, 0.1) is 7.11 Å². The maximum atomic E-state index is 13.2. The third-order valence-electron chi connectivity index (χ3n) is 5.77. The monoisotopic (exact) mass is 465 g/mol. The third kappa shape index (κ3) is 4.81. The van der Waals surface area contributed by atoms with Crippen LogP contribution in [0.15, 0.2) is 66.7 Å². The minimum atomic E-state index is -0.978. The Labute approximate surface area is 197 Å². The molecule has 0 bridgehead atoms. The number of carbonyl (C=O) groups excluding carboxylic acids is 1. The van der Waals surface area contributed by atoms with Gasteiger partial charge in [0.2, 0.25) is 0 Å². The number of halogens is 1. The van der Waals surface area contributed by atoms with Crippen LogP contribution in [0.5, 0.6) is 11.5 Å². The zero-order valence-corrected chi connectivity index (χ0v) is 18.9. The molecule has 4 rings (SSSR count). The van der Waals surface area contributed by atoms with Crippen LogP contribution in [0.4, 0.5) is 0 Å². The highest BCUT2D eigenvalue weighted by molar-refractivity contribution is 6.33. The Balaban J connectivity index is 1.69. The van der Waals surface area contributed by atoms with Crippen LogP contribution in [-0.2, 0) is 11.4 Å². The summed E-state index contributed by atoms with van der Waals surface area (Å²) in [6.45, 7) is 0.659. The van der Waals surface area contributed by atoms with Crippen LogP contribution in [0.1, 0.15) is 28.8 Å². The van der Waals surface area contributed by atoms with Crippen molar-refractivity contribution < 1.29 is 24.2 Å². The van der Waals surface area contributed by atoms with Gasteiger partial charge in [0.15, 0.2) is 11.5 Å². The van der Waals surface area contributed by atoms with Gasteiger partial charge in [-0.25, -0.2) is 4.79 Å². The quantitative estimate of drug-likeness (QED) is 0.513. The average Bonchev–Trinajstić information content (AvgIpc) is 3.33. The summed E-state index contributed by atoms with van der Waals surface area (Å²) >= 11 is 6.49. The number of amides is 1. The van der Waals surface area contributed by atoms with Gasteiger partial charge < -0.3 is 19.5 Å². The number of carbonyl (C=O) groups is 2. The number of likely N-dealkylation sites (tertiary alicyclic amines) is 1. The number of carboxylic acid groups (broad SMARTS) is 1. The van der Waals surface area contributed by atoms with Crippen molar-refractivity contribution in [3.8, 4) is 22.6 Å². The number of nitrogens with zero attached hydrogens (tertiary/aromatic N) is 1. The van der Waals surface area contributed by atoms with E-state index in [1.54, 1.807) is 25.3 Å². The number of para-hydroxylation sites is 2. The van der Waals surface area contributed by atoms with E-state index in [1.165, 1.54) is 4.90 Å². The van der Waals surface area contributed by atoms with Gasteiger partial charge in [0, 0.05) is 22.7 Å². The van der Waals surface area contributed by atoms with Gasteiger partial charge in [-0.3, -0.25) is 4.79 Å². The van der Waals surface area contributed by atoms with E-state index >= 15 is 0 Å². The molecular formula is C26H24ClNO5. The minimum absolute atomic E-state index is 0.233. The Morgan fingerprint density at radius 2 is 1.76 bits per heavy atom. The minimum Gasteiger partial charge on any atom is -0.493 e. The largest absolute Gasteiger partial charge is 0.493 e. The molecule has 1 amide bonds. The number of benzene rings is 3. The second-order valence-corrected chi connectivity index (χ2v) is 8.19. The van der Waals surface area contributed by atoms with E-state index in [2.05, 4.69) is 0 Å². The van der Waals surface area contributed by atoms with Crippen LogP contribution < -0.4 is 9.47 Å². The fourth-order valence-corrected chi connectivity index (χ4v) is 4.33. The van der Waals surface area contributed by atoms with Crippen molar-refractivity contribution in [2.75, 3.05) is 13.7 Å². The molecule has 0 aromatic heterocycles. The predicted molar refractivity (Wildman–Crippen MR) is 126 cm³/mol. The van der Waals surface area contributed by atoms with Crippen molar-refractivity contribution in [1.29, 1.82) is 0 Å².